The fourth-order valence-corrected chi connectivity index (χ4v) is 4.27. The topological polar surface area (TPSA) is 36.9 Å². The number of benzene rings is 1. The van der Waals surface area contributed by atoms with Crippen molar-refractivity contribution in [2.75, 3.05) is 26.7 Å². The molecule has 0 atom stereocenters. The second-order valence-corrected chi connectivity index (χ2v) is 7.55. The van der Waals surface area contributed by atoms with E-state index in [1.807, 2.05) is 18.2 Å². The highest BCUT2D eigenvalue weighted by molar-refractivity contribution is 5.92. The van der Waals surface area contributed by atoms with Crippen LogP contribution in [0.5, 0.6) is 5.75 Å². The normalized spacial score (nSPS) is 20.1. The number of piperazine rings is 1. The summed E-state index contributed by atoms with van der Waals surface area (Å²) >= 11 is 0. The van der Waals surface area contributed by atoms with Crippen LogP contribution in [0.4, 0.5) is 0 Å². The van der Waals surface area contributed by atoms with Gasteiger partial charge in [0.2, 0.25) is 0 Å². The number of methoxy groups -OCH3 is 1. The van der Waals surface area contributed by atoms with Crippen molar-refractivity contribution in [3.8, 4) is 5.75 Å². The van der Waals surface area contributed by atoms with Gasteiger partial charge < -0.3 is 15.0 Å². The monoisotopic (exact) mass is 395 g/mol. The number of ether oxygens (including phenoxy) is 1. The molecule has 2 aliphatic rings. The van der Waals surface area contributed by atoms with Crippen molar-refractivity contribution in [2.45, 2.75) is 51.1 Å². The van der Waals surface area contributed by atoms with Crippen LogP contribution >= 0.6 is 0 Å². The van der Waals surface area contributed by atoms with Crippen molar-refractivity contribution in [1.82, 2.24) is 10.2 Å². The van der Waals surface area contributed by atoms with Crippen LogP contribution in [0.25, 0.3) is 0 Å². The first-order valence-electron chi connectivity index (χ1n) is 10.7. The standard InChI is InChI=1S/C23H33N3O.C2H4/c1-4-19(5-2)18-26-16-15-25-23(13-7-6-8-14-23)22(26)24-17-20-9-11-21(27-3)12-10-20;1-2/h4-5,9-12,25H,1,6-8,13-18H2,2-3H3;1-2H2/b19-5+,24-22?;. The second-order valence-electron chi connectivity index (χ2n) is 7.55. The zero-order valence-corrected chi connectivity index (χ0v) is 18.3. The molecule has 1 spiro atoms. The van der Waals surface area contributed by atoms with Crippen molar-refractivity contribution in [2.24, 2.45) is 4.99 Å². The lowest BCUT2D eigenvalue weighted by Crippen LogP contribution is -2.65. The van der Waals surface area contributed by atoms with Gasteiger partial charge >= 0.3 is 0 Å². The molecule has 158 valence electrons. The quantitative estimate of drug-likeness (QED) is 0.535. The van der Waals surface area contributed by atoms with Gasteiger partial charge in [-0.05, 0) is 43.0 Å². The van der Waals surface area contributed by atoms with Crippen molar-refractivity contribution < 1.29 is 4.74 Å². The molecule has 1 aliphatic heterocycles. The van der Waals surface area contributed by atoms with Crippen LogP contribution in [0.1, 0.15) is 44.6 Å². The molecule has 0 amide bonds. The largest absolute Gasteiger partial charge is 0.497 e. The minimum absolute atomic E-state index is 0.0446. The lowest BCUT2D eigenvalue weighted by atomic mass is 9.79. The molecular formula is C25H37N3O. The van der Waals surface area contributed by atoms with Gasteiger partial charge in [-0.1, -0.05) is 50.1 Å². The Morgan fingerprint density at radius 1 is 1.21 bits per heavy atom. The highest BCUT2D eigenvalue weighted by atomic mass is 16.5. The Hall–Kier alpha value is -2.33. The maximum absolute atomic E-state index is 5.27. The fraction of sp³-hybridized carbons (Fsp3) is 0.480. The summed E-state index contributed by atoms with van der Waals surface area (Å²) in [6.45, 7) is 15.7. The summed E-state index contributed by atoms with van der Waals surface area (Å²) in [6.07, 6.45) is 10.4. The third kappa shape index (κ3) is 5.83. The predicted molar refractivity (Wildman–Crippen MR) is 125 cm³/mol. The van der Waals surface area contributed by atoms with E-state index in [1.54, 1.807) is 7.11 Å². The number of nitrogens with one attached hydrogen (secondary N) is 1. The van der Waals surface area contributed by atoms with Crippen LogP contribution in [0.3, 0.4) is 0 Å². The van der Waals surface area contributed by atoms with Crippen molar-refractivity contribution in [1.29, 1.82) is 0 Å². The van der Waals surface area contributed by atoms with Crippen molar-refractivity contribution in [3.63, 3.8) is 0 Å². The van der Waals surface area contributed by atoms with Crippen molar-refractivity contribution >= 4 is 5.84 Å². The Labute approximate surface area is 177 Å². The highest BCUT2D eigenvalue weighted by Gasteiger charge is 2.42. The Kier molecular flexibility index (Phi) is 9.20. The average Bonchev–Trinajstić information content (AvgIpc) is 2.79. The van der Waals surface area contributed by atoms with Gasteiger partial charge in [-0.2, -0.15) is 0 Å². The van der Waals surface area contributed by atoms with Crippen LogP contribution < -0.4 is 10.1 Å². The van der Waals surface area contributed by atoms with E-state index >= 15 is 0 Å². The molecule has 29 heavy (non-hydrogen) atoms. The van der Waals surface area contributed by atoms with E-state index in [9.17, 15) is 0 Å². The minimum Gasteiger partial charge on any atom is -0.497 e. The molecule has 1 aliphatic carbocycles. The van der Waals surface area contributed by atoms with Crippen LogP contribution in [0.2, 0.25) is 0 Å². The van der Waals surface area contributed by atoms with Crippen LogP contribution in [-0.4, -0.2) is 43.0 Å². The van der Waals surface area contributed by atoms with Crippen molar-refractivity contribution in [3.05, 3.63) is 67.3 Å². The maximum atomic E-state index is 5.27. The SMILES string of the molecule is C=C.C=C/C(=C\C)CN1CCNC2(CCCCC2)C1=NCc1ccc(OC)cc1. The Bertz CT molecular complexity index is 694. The predicted octanol–water partition coefficient (Wildman–Crippen LogP) is 5.14. The van der Waals surface area contributed by atoms with Gasteiger partial charge in [0.1, 0.15) is 11.6 Å². The van der Waals surface area contributed by atoms with Gasteiger partial charge in [0.05, 0.1) is 19.2 Å². The fourth-order valence-electron chi connectivity index (χ4n) is 4.27. The lowest BCUT2D eigenvalue weighted by molar-refractivity contribution is 0.237. The van der Waals surface area contributed by atoms with Gasteiger partial charge in [0.25, 0.3) is 0 Å². The number of amidine groups is 1. The average molecular weight is 396 g/mol. The molecule has 1 saturated carbocycles. The van der Waals surface area contributed by atoms with E-state index < -0.39 is 0 Å². The van der Waals surface area contributed by atoms with Crippen LogP contribution in [0, 0.1) is 0 Å². The van der Waals surface area contributed by atoms with E-state index in [0.29, 0.717) is 6.54 Å². The molecule has 0 aromatic heterocycles. The highest BCUT2D eigenvalue weighted by Crippen LogP contribution is 2.33. The number of hydrogen-bond donors (Lipinski definition) is 1. The molecule has 1 aromatic rings. The molecular weight excluding hydrogens is 358 g/mol. The molecule has 2 fully saturated rings. The zero-order valence-electron chi connectivity index (χ0n) is 18.3. The lowest BCUT2D eigenvalue weighted by Gasteiger charge is -2.48. The number of allylic oxidation sites excluding steroid dienone is 1. The summed E-state index contributed by atoms with van der Waals surface area (Å²) in [7, 11) is 1.70. The Balaban J connectivity index is 0.00000145. The Morgan fingerprint density at radius 3 is 2.48 bits per heavy atom. The summed E-state index contributed by atoms with van der Waals surface area (Å²) < 4.78 is 5.27. The van der Waals surface area contributed by atoms with E-state index in [0.717, 1.165) is 25.4 Å². The summed E-state index contributed by atoms with van der Waals surface area (Å²) in [5.41, 5.74) is 2.53. The maximum Gasteiger partial charge on any atom is 0.120 e. The summed E-state index contributed by atoms with van der Waals surface area (Å²) in [4.78, 5) is 7.64. The summed E-state index contributed by atoms with van der Waals surface area (Å²) in [5.74, 6) is 2.13. The third-order valence-electron chi connectivity index (χ3n) is 5.86. The molecule has 0 bridgehead atoms. The van der Waals surface area contributed by atoms with E-state index in [4.69, 9.17) is 9.73 Å². The molecule has 1 heterocycles. The Morgan fingerprint density at radius 2 is 1.90 bits per heavy atom. The van der Waals surface area contributed by atoms with Gasteiger partial charge in [-0.25, -0.2) is 0 Å². The van der Waals surface area contributed by atoms with Gasteiger partial charge in [-0.3, -0.25) is 4.99 Å². The number of nitrogens with zero attached hydrogens (tertiary/aromatic N) is 2. The molecule has 0 radical (unpaired) electrons. The van der Waals surface area contributed by atoms with Gasteiger partial charge in [0, 0.05) is 19.6 Å². The second kappa shape index (κ2) is 11.6. The van der Waals surface area contributed by atoms with Crippen LogP contribution in [-0.2, 0) is 6.54 Å². The van der Waals surface area contributed by atoms with E-state index in [1.165, 1.54) is 49.1 Å². The number of aliphatic imine (C=N–C) groups is 1. The minimum atomic E-state index is 0.0446. The summed E-state index contributed by atoms with van der Waals surface area (Å²) in [5, 5.41) is 3.84. The summed E-state index contributed by atoms with van der Waals surface area (Å²) in [6, 6.07) is 8.24. The molecule has 1 saturated heterocycles. The van der Waals surface area contributed by atoms with Gasteiger partial charge in [-0.15, -0.1) is 13.2 Å². The first kappa shape index (κ1) is 23.0. The molecule has 3 rings (SSSR count). The number of rotatable bonds is 6. The number of hydrogen-bond acceptors (Lipinski definition) is 3. The van der Waals surface area contributed by atoms with E-state index in [2.05, 4.69) is 55.1 Å². The molecule has 1 aromatic carbocycles. The molecule has 0 unspecified atom stereocenters. The zero-order chi connectivity index (χ0) is 21.1. The first-order chi connectivity index (χ1) is 14.2. The third-order valence-corrected chi connectivity index (χ3v) is 5.86. The smallest absolute Gasteiger partial charge is 0.120 e. The first-order valence-corrected chi connectivity index (χ1v) is 10.7. The van der Waals surface area contributed by atoms with Gasteiger partial charge in [0.15, 0.2) is 0 Å². The molecule has 1 N–H and O–H groups in total. The molecule has 4 heteroatoms. The van der Waals surface area contributed by atoms with E-state index in [-0.39, 0.29) is 5.54 Å². The van der Waals surface area contributed by atoms with Crippen LogP contribution in [0.15, 0.2) is 66.7 Å². The molecule has 4 nitrogen and oxygen atoms in total.